The average molecular weight is 346 g/mol. The molecule has 134 valence electrons. The normalized spacial score (nSPS) is 28.4. The van der Waals surface area contributed by atoms with Crippen molar-refractivity contribution in [3.63, 3.8) is 0 Å². The van der Waals surface area contributed by atoms with Crippen LogP contribution in [0.25, 0.3) is 0 Å². The van der Waals surface area contributed by atoms with Crippen molar-refractivity contribution >= 4 is 11.7 Å². The highest BCUT2D eigenvalue weighted by Crippen LogP contribution is 2.31. The van der Waals surface area contributed by atoms with E-state index < -0.39 is 5.79 Å². The Balaban J connectivity index is 1.71. The molecule has 0 aromatic carbocycles. The first kappa shape index (κ1) is 16.1. The van der Waals surface area contributed by atoms with Crippen molar-refractivity contribution in [1.82, 2.24) is 25.4 Å². The summed E-state index contributed by atoms with van der Waals surface area (Å²) in [5, 5.41) is 14.1. The molecule has 2 aliphatic heterocycles. The molecule has 1 unspecified atom stereocenters. The number of fused-ring (bicyclic) bond motifs is 1. The smallest absolute Gasteiger partial charge is 0.215 e. The molecule has 0 spiro atoms. The van der Waals surface area contributed by atoms with Gasteiger partial charge in [0.1, 0.15) is 11.7 Å². The Kier molecular flexibility index (Phi) is 3.77. The zero-order chi connectivity index (χ0) is 17.6. The average Bonchev–Trinajstić information content (AvgIpc) is 3.28. The number of aromatic nitrogens is 3. The molecule has 0 bridgehead atoms. The lowest BCUT2D eigenvalue weighted by Gasteiger charge is -2.32. The number of amidine groups is 1. The van der Waals surface area contributed by atoms with E-state index in [0.717, 1.165) is 19.5 Å². The van der Waals surface area contributed by atoms with E-state index in [1.54, 1.807) is 10.9 Å². The van der Waals surface area contributed by atoms with Gasteiger partial charge in [-0.1, -0.05) is 0 Å². The molecule has 8 nitrogen and oxygen atoms in total. The summed E-state index contributed by atoms with van der Waals surface area (Å²) in [6.07, 6.45) is 5.78. The van der Waals surface area contributed by atoms with E-state index in [4.69, 9.17) is 5.73 Å². The number of aliphatic imine (C=N–C) groups is 1. The molecule has 2 aliphatic rings. The van der Waals surface area contributed by atoms with Crippen molar-refractivity contribution in [3.05, 3.63) is 35.5 Å². The first-order valence-electron chi connectivity index (χ1n) is 8.55. The summed E-state index contributed by atoms with van der Waals surface area (Å²) in [4.78, 5) is 7.53. The number of hydrogen-bond acceptors (Lipinski definition) is 6. The zero-order valence-electron chi connectivity index (χ0n) is 14.3. The molecule has 9 heteroatoms. The maximum absolute atomic E-state index is 14.3. The number of rotatable bonds is 3. The van der Waals surface area contributed by atoms with Crippen LogP contribution in [0.2, 0.25) is 0 Å². The maximum atomic E-state index is 14.3. The highest BCUT2D eigenvalue weighted by Gasteiger charge is 2.37. The maximum Gasteiger partial charge on any atom is 0.215 e. The van der Waals surface area contributed by atoms with E-state index in [1.165, 1.54) is 6.20 Å². The molecular weight excluding hydrogens is 323 g/mol. The summed E-state index contributed by atoms with van der Waals surface area (Å²) >= 11 is 0. The number of aryl methyl sites for hydroxylation is 1. The van der Waals surface area contributed by atoms with Gasteiger partial charge in [0.25, 0.3) is 0 Å². The summed E-state index contributed by atoms with van der Waals surface area (Å²) in [6, 6.07) is 0.595. The monoisotopic (exact) mass is 346 g/mol. The number of H-pyrrole nitrogens is 1. The van der Waals surface area contributed by atoms with Crippen LogP contribution in [0.5, 0.6) is 0 Å². The van der Waals surface area contributed by atoms with Gasteiger partial charge in [0.2, 0.25) is 5.79 Å². The van der Waals surface area contributed by atoms with Crippen LogP contribution in [-0.2, 0) is 12.3 Å². The summed E-state index contributed by atoms with van der Waals surface area (Å²) in [7, 11) is 0. The SMILES string of the molecule is CCn1cc(C2(N)N=C(N[C@H]3CN[C@@H](C)C3)c3c(F)c[nH]c3N2)cn1. The van der Waals surface area contributed by atoms with Gasteiger partial charge < -0.3 is 20.9 Å². The van der Waals surface area contributed by atoms with Gasteiger partial charge in [-0.3, -0.25) is 10.4 Å². The van der Waals surface area contributed by atoms with Crippen molar-refractivity contribution in [3.8, 4) is 0 Å². The largest absolute Gasteiger partial charge is 0.365 e. The zero-order valence-corrected chi connectivity index (χ0v) is 14.3. The van der Waals surface area contributed by atoms with Gasteiger partial charge in [-0.15, -0.1) is 0 Å². The van der Waals surface area contributed by atoms with Crippen molar-refractivity contribution in [2.45, 2.75) is 44.7 Å². The molecule has 6 N–H and O–H groups in total. The second kappa shape index (κ2) is 5.85. The minimum absolute atomic E-state index is 0.177. The third-order valence-electron chi connectivity index (χ3n) is 4.76. The number of anilines is 1. The fraction of sp³-hybridized carbons (Fsp3) is 0.500. The Morgan fingerprint density at radius 1 is 1.52 bits per heavy atom. The molecule has 2 aromatic rings. The van der Waals surface area contributed by atoms with Gasteiger partial charge in [-0.2, -0.15) is 5.10 Å². The second-order valence-electron chi connectivity index (χ2n) is 6.71. The lowest BCUT2D eigenvalue weighted by molar-refractivity contribution is 0.522. The van der Waals surface area contributed by atoms with Crippen LogP contribution < -0.4 is 21.7 Å². The minimum Gasteiger partial charge on any atom is -0.365 e. The second-order valence-corrected chi connectivity index (χ2v) is 6.71. The van der Waals surface area contributed by atoms with Gasteiger partial charge in [0.15, 0.2) is 5.82 Å². The molecule has 0 radical (unpaired) electrons. The van der Waals surface area contributed by atoms with Gasteiger partial charge >= 0.3 is 0 Å². The topological polar surface area (TPSA) is 108 Å². The first-order valence-corrected chi connectivity index (χ1v) is 8.55. The lowest BCUT2D eigenvalue weighted by atomic mass is 10.1. The van der Waals surface area contributed by atoms with E-state index in [2.05, 4.69) is 37.9 Å². The number of nitrogens with one attached hydrogen (secondary N) is 4. The lowest BCUT2D eigenvalue weighted by Crippen LogP contribution is -2.50. The third kappa shape index (κ3) is 2.79. The Hall–Kier alpha value is -2.39. The molecule has 4 rings (SSSR count). The number of nitrogens with two attached hydrogens (primary N) is 1. The predicted octanol–water partition coefficient (Wildman–Crippen LogP) is 0.652. The van der Waals surface area contributed by atoms with Crippen LogP contribution in [0.1, 0.15) is 31.4 Å². The highest BCUT2D eigenvalue weighted by atomic mass is 19.1. The predicted molar refractivity (Wildman–Crippen MR) is 93.7 cm³/mol. The summed E-state index contributed by atoms with van der Waals surface area (Å²) in [5.41, 5.74) is 7.62. The van der Waals surface area contributed by atoms with Gasteiger partial charge in [-0.25, -0.2) is 9.38 Å². The van der Waals surface area contributed by atoms with Crippen molar-refractivity contribution < 1.29 is 4.39 Å². The molecule has 0 aliphatic carbocycles. The number of aromatic amines is 1. The van der Waals surface area contributed by atoms with Crippen LogP contribution in [0, 0.1) is 5.82 Å². The number of nitrogens with zero attached hydrogens (tertiary/aromatic N) is 3. The number of hydrogen-bond donors (Lipinski definition) is 5. The minimum atomic E-state index is -1.21. The van der Waals surface area contributed by atoms with E-state index in [0.29, 0.717) is 28.8 Å². The highest BCUT2D eigenvalue weighted by molar-refractivity contribution is 6.05. The molecule has 2 aromatic heterocycles. The van der Waals surface area contributed by atoms with E-state index >= 15 is 0 Å². The van der Waals surface area contributed by atoms with Gasteiger partial charge in [-0.05, 0) is 20.3 Å². The molecule has 3 atom stereocenters. The fourth-order valence-corrected chi connectivity index (χ4v) is 3.39. The van der Waals surface area contributed by atoms with Crippen LogP contribution in [-0.4, -0.2) is 39.2 Å². The van der Waals surface area contributed by atoms with E-state index in [9.17, 15) is 4.39 Å². The Morgan fingerprint density at radius 3 is 3.04 bits per heavy atom. The van der Waals surface area contributed by atoms with Gasteiger partial charge in [0.05, 0.1) is 17.3 Å². The first-order chi connectivity index (χ1) is 12.0. The van der Waals surface area contributed by atoms with E-state index in [-0.39, 0.29) is 11.9 Å². The summed E-state index contributed by atoms with van der Waals surface area (Å²) in [6.45, 7) is 5.66. The molecule has 1 fully saturated rings. The van der Waals surface area contributed by atoms with Crippen LogP contribution in [0.4, 0.5) is 10.2 Å². The Labute approximate surface area is 145 Å². The van der Waals surface area contributed by atoms with Gasteiger partial charge in [0, 0.05) is 37.6 Å². The van der Waals surface area contributed by atoms with Crippen molar-refractivity contribution in [1.29, 1.82) is 0 Å². The summed E-state index contributed by atoms with van der Waals surface area (Å²) in [5.74, 6) is -0.600. The standard InChI is InChI=1S/C16H23FN8/c1-3-25-8-10(5-21-25)16(18)23-14-13(12(17)7-20-14)15(24-16)22-11-4-9(2)19-6-11/h5,7-9,11,19-20,23H,3-4,6,18H2,1-2H3,(H,22,24)/t9-,11+,16?/m0/s1. The molecule has 1 saturated heterocycles. The fourth-order valence-electron chi connectivity index (χ4n) is 3.39. The molecule has 4 heterocycles. The Morgan fingerprint density at radius 2 is 2.36 bits per heavy atom. The molecular formula is C16H23FN8. The number of halogens is 1. The quantitative estimate of drug-likeness (QED) is 0.561. The van der Waals surface area contributed by atoms with Crippen LogP contribution in [0.3, 0.4) is 0 Å². The summed E-state index contributed by atoms with van der Waals surface area (Å²) < 4.78 is 16.1. The molecule has 25 heavy (non-hydrogen) atoms. The Bertz CT molecular complexity index is 809. The van der Waals surface area contributed by atoms with E-state index in [1.807, 2.05) is 13.1 Å². The van der Waals surface area contributed by atoms with Crippen molar-refractivity contribution in [2.75, 3.05) is 11.9 Å². The molecule has 0 saturated carbocycles. The van der Waals surface area contributed by atoms with Crippen LogP contribution >= 0.6 is 0 Å². The molecule has 0 amide bonds. The van der Waals surface area contributed by atoms with Crippen molar-refractivity contribution in [2.24, 2.45) is 10.7 Å². The third-order valence-corrected chi connectivity index (χ3v) is 4.76. The van der Waals surface area contributed by atoms with Crippen LogP contribution in [0.15, 0.2) is 23.6 Å².